The molecule has 5 rings (SSSR count). The number of rotatable bonds is 4. The largest absolute Gasteiger partial charge is 0.465 e. The molecule has 0 fully saturated rings. The van der Waals surface area contributed by atoms with Gasteiger partial charge in [-0.2, -0.15) is 5.10 Å². The first-order chi connectivity index (χ1) is 14.2. The maximum Gasteiger partial charge on any atom is 0.247 e. The molecule has 6 nitrogen and oxygen atoms in total. The molecule has 0 spiro atoms. The van der Waals surface area contributed by atoms with Crippen LogP contribution in [0, 0.1) is 6.92 Å². The zero-order valence-corrected chi connectivity index (χ0v) is 16.0. The summed E-state index contributed by atoms with van der Waals surface area (Å²) in [5, 5.41) is 4.86. The number of amides is 1. The molecule has 0 atom stereocenters. The van der Waals surface area contributed by atoms with Crippen molar-refractivity contribution in [3.8, 4) is 11.5 Å². The summed E-state index contributed by atoms with van der Waals surface area (Å²) < 4.78 is 9.29. The molecule has 1 amide bonds. The Hall–Kier alpha value is -3.80. The predicted octanol–water partition coefficient (Wildman–Crippen LogP) is 4.12. The first-order valence-corrected chi connectivity index (χ1v) is 9.51. The van der Waals surface area contributed by atoms with Gasteiger partial charge in [0.15, 0.2) is 0 Å². The minimum absolute atomic E-state index is 0.0556. The van der Waals surface area contributed by atoms with Crippen LogP contribution in [0.1, 0.15) is 22.6 Å². The van der Waals surface area contributed by atoms with Crippen molar-refractivity contribution in [3.05, 3.63) is 95.8 Å². The highest BCUT2D eigenvalue weighted by Crippen LogP contribution is 2.30. The third kappa shape index (κ3) is 3.18. The van der Waals surface area contributed by atoms with Gasteiger partial charge in [0.05, 0.1) is 30.7 Å². The van der Waals surface area contributed by atoms with Crippen molar-refractivity contribution in [1.82, 2.24) is 19.2 Å². The first kappa shape index (κ1) is 17.3. The second-order valence-corrected chi connectivity index (χ2v) is 7.13. The van der Waals surface area contributed by atoms with Crippen LogP contribution in [0.3, 0.4) is 0 Å². The van der Waals surface area contributed by atoms with Crippen molar-refractivity contribution in [1.29, 1.82) is 0 Å². The zero-order valence-electron chi connectivity index (χ0n) is 16.0. The quantitative estimate of drug-likeness (QED) is 0.497. The Bertz CT molecular complexity index is 1180. The van der Waals surface area contributed by atoms with Crippen LogP contribution in [-0.2, 0) is 17.9 Å². The molecule has 0 saturated carbocycles. The molecule has 3 aromatic heterocycles. The summed E-state index contributed by atoms with van der Waals surface area (Å²) in [6, 6.07) is 15.9. The normalized spacial score (nSPS) is 13.3. The van der Waals surface area contributed by atoms with Gasteiger partial charge < -0.3 is 13.9 Å². The highest BCUT2D eigenvalue weighted by Gasteiger charge is 2.30. The lowest BCUT2D eigenvalue weighted by Gasteiger charge is -2.16. The topological polar surface area (TPSA) is 56.2 Å². The second-order valence-electron chi connectivity index (χ2n) is 7.13. The Morgan fingerprint density at radius 3 is 2.72 bits per heavy atom. The highest BCUT2D eigenvalue weighted by atomic mass is 16.3. The van der Waals surface area contributed by atoms with Gasteiger partial charge in [0.2, 0.25) is 5.91 Å². The lowest BCUT2D eigenvalue weighted by molar-refractivity contribution is -0.126. The molecule has 0 radical (unpaired) electrons. The molecule has 6 heteroatoms. The third-order valence-corrected chi connectivity index (χ3v) is 5.07. The van der Waals surface area contributed by atoms with Gasteiger partial charge >= 0.3 is 0 Å². The molecule has 1 aliphatic heterocycles. The summed E-state index contributed by atoms with van der Waals surface area (Å²) in [4.78, 5) is 14.5. The summed E-state index contributed by atoms with van der Waals surface area (Å²) in [6.07, 6.45) is 8.84. The van der Waals surface area contributed by atoms with Crippen molar-refractivity contribution in [2.45, 2.75) is 20.0 Å². The van der Waals surface area contributed by atoms with E-state index in [0.717, 1.165) is 22.8 Å². The van der Waals surface area contributed by atoms with Crippen LogP contribution < -0.4 is 0 Å². The van der Waals surface area contributed by atoms with Gasteiger partial charge in [0.1, 0.15) is 11.6 Å². The van der Waals surface area contributed by atoms with E-state index < -0.39 is 0 Å². The van der Waals surface area contributed by atoms with Crippen molar-refractivity contribution >= 4 is 12.0 Å². The number of benzene rings is 1. The number of nitrogens with zero attached hydrogens (tertiary/aromatic N) is 4. The Morgan fingerprint density at radius 2 is 1.97 bits per heavy atom. The molecule has 0 aliphatic carbocycles. The van der Waals surface area contributed by atoms with Crippen LogP contribution in [0.4, 0.5) is 0 Å². The molecular weight excluding hydrogens is 364 g/mol. The van der Waals surface area contributed by atoms with Crippen LogP contribution in [0.5, 0.6) is 0 Å². The Morgan fingerprint density at radius 1 is 1.10 bits per heavy atom. The van der Waals surface area contributed by atoms with Gasteiger partial charge in [0.25, 0.3) is 0 Å². The molecule has 0 unspecified atom stereocenters. The SMILES string of the molecule is Cc1cccc(-n2nc3c(c2-n2cccc2)CN(C(=O)/C=C/c2ccco2)C3)c1. The molecule has 0 bridgehead atoms. The zero-order chi connectivity index (χ0) is 19.8. The molecule has 1 aromatic carbocycles. The van der Waals surface area contributed by atoms with E-state index >= 15 is 0 Å². The van der Waals surface area contributed by atoms with Crippen LogP contribution in [-0.4, -0.2) is 25.2 Å². The molecule has 144 valence electrons. The lowest BCUT2D eigenvalue weighted by atomic mass is 10.2. The van der Waals surface area contributed by atoms with Gasteiger partial charge in [-0.05, 0) is 55.0 Å². The summed E-state index contributed by atoms with van der Waals surface area (Å²) in [5.74, 6) is 1.58. The fourth-order valence-corrected chi connectivity index (χ4v) is 3.68. The van der Waals surface area contributed by atoms with Crippen LogP contribution >= 0.6 is 0 Å². The van der Waals surface area contributed by atoms with E-state index in [9.17, 15) is 4.79 Å². The van der Waals surface area contributed by atoms with Gasteiger partial charge in [-0.1, -0.05) is 12.1 Å². The standard InChI is InChI=1S/C23H20N4O2/c1-17-6-4-7-18(14-17)27-23(25-11-2-3-12-25)20-15-26(16-21(20)24-27)22(28)10-9-19-8-5-13-29-19/h2-14H,15-16H2,1H3/b10-9+. The molecular formula is C23H20N4O2. The molecule has 29 heavy (non-hydrogen) atoms. The van der Waals surface area contributed by atoms with Crippen molar-refractivity contribution < 1.29 is 9.21 Å². The first-order valence-electron chi connectivity index (χ1n) is 9.51. The number of fused-ring (bicyclic) bond motifs is 1. The lowest BCUT2D eigenvalue weighted by Crippen LogP contribution is -2.24. The minimum Gasteiger partial charge on any atom is -0.465 e. The van der Waals surface area contributed by atoms with Crippen molar-refractivity contribution in [3.63, 3.8) is 0 Å². The second kappa shape index (κ2) is 6.98. The summed E-state index contributed by atoms with van der Waals surface area (Å²) in [7, 11) is 0. The Kier molecular flexibility index (Phi) is 4.17. The smallest absolute Gasteiger partial charge is 0.247 e. The van der Waals surface area contributed by atoms with Crippen LogP contribution in [0.15, 0.2) is 77.7 Å². The van der Waals surface area contributed by atoms with Crippen LogP contribution in [0.25, 0.3) is 17.6 Å². The minimum atomic E-state index is -0.0556. The number of hydrogen-bond donors (Lipinski definition) is 0. The van der Waals surface area contributed by atoms with Gasteiger partial charge in [-0.3, -0.25) is 4.79 Å². The van der Waals surface area contributed by atoms with Crippen LogP contribution in [0.2, 0.25) is 0 Å². The maximum atomic E-state index is 12.7. The van der Waals surface area contributed by atoms with E-state index in [1.165, 1.54) is 5.56 Å². The maximum absolute atomic E-state index is 12.7. The molecule has 0 N–H and O–H groups in total. The van der Waals surface area contributed by atoms with Crippen molar-refractivity contribution in [2.24, 2.45) is 0 Å². The molecule has 4 aromatic rings. The number of aromatic nitrogens is 3. The summed E-state index contributed by atoms with van der Waals surface area (Å²) in [6.45, 7) is 3.08. The Labute approximate surface area is 168 Å². The summed E-state index contributed by atoms with van der Waals surface area (Å²) in [5.41, 5.74) is 4.19. The Balaban J connectivity index is 1.49. The number of aryl methyl sites for hydroxylation is 1. The number of hydrogen-bond acceptors (Lipinski definition) is 3. The number of furan rings is 1. The molecule has 1 aliphatic rings. The number of carbonyl (C=O) groups excluding carboxylic acids is 1. The van der Waals surface area contributed by atoms with E-state index in [2.05, 4.69) is 29.7 Å². The van der Waals surface area contributed by atoms with Gasteiger partial charge in [0, 0.05) is 24.0 Å². The van der Waals surface area contributed by atoms with E-state index in [0.29, 0.717) is 18.8 Å². The van der Waals surface area contributed by atoms with E-state index in [-0.39, 0.29) is 5.91 Å². The fraction of sp³-hybridized carbons (Fsp3) is 0.130. The molecule has 4 heterocycles. The highest BCUT2D eigenvalue weighted by molar-refractivity contribution is 5.91. The van der Waals surface area contributed by atoms with E-state index in [1.54, 1.807) is 29.4 Å². The average Bonchev–Trinajstić information content (AvgIpc) is 3.50. The molecule has 0 saturated heterocycles. The average molecular weight is 384 g/mol. The monoisotopic (exact) mass is 384 g/mol. The van der Waals surface area contributed by atoms with E-state index in [4.69, 9.17) is 9.52 Å². The number of carbonyl (C=O) groups is 1. The summed E-state index contributed by atoms with van der Waals surface area (Å²) >= 11 is 0. The predicted molar refractivity (Wildman–Crippen MR) is 110 cm³/mol. The van der Waals surface area contributed by atoms with Gasteiger partial charge in [-0.15, -0.1) is 0 Å². The van der Waals surface area contributed by atoms with E-state index in [1.807, 2.05) is 41.3 Å². The fourth-order valence-electron chi connectivity index (χ4n) is 3.68. The third-order valence-electron chi connectivity index (χ3n) is 5.07. The van der Waals surface area contributed by atoms with Gasteiger partial charge in [-0.25, -0.2) is 4.68 Å². The van der Waals surface area contributed by atoms with Crippen molar-refractivity contribution in [2.75, 3.05) is 0 Å².